The quantitative estimate of drug-likeness (QED) is 0.746. The molecule has 0 aliphatic carbocycles. The SMILES string of the molecule is O=C(O)c1cc(-c2cc(Cl)c3oc(=O)[nH]c3c2)ncn1. The van der Waals surface area contributed by atoms with Gasteiger partial charge in [0, 0.05) is 5.56 Å². The second-order valence-corrected chi connectivity index (χ2v) is 4.35. The number of halogens is 1. The van der Waals surface area contributed by atoms with Crippen LogP contribution in [0.1, 0.15) is 10.5 Å². The van der Waals surface area contributed by atoms with Gasteiger partial charge in [-0.1, -0.05) is 11.6 Å². The van der Waals surface area contributed by atoms with E-state index in [9.17, 15) is 9.59 Å². The van der Waals surface area contributed by atoms with Gasteiger partial charge in [0.25, 0.3) is 0 Å². The van der Waals surface area contributed by atoms with Crippen molar-refractivity contribution in [3.63, 3.8) is 0 Å². The Morgan fingerprint density at radius 1 is 1.30 bits per heavy atom. The van der Waals surface area contributed by atoms with Gasteiger partial charge in [-0.05, 0) is 18.2 Å². The van der Waals surface area contributed by atoms with E-state index in [-0.39, 0.29) is 16.3 Å². The van der Waals surface area contributed by atoms with Gasteiger partial charge in [-0.25, -0.2) is 19.6 Å². The number of rotatable bonds is 2. The van der Waals surface area contributed by atoms with Crippen LogP contribution in [-0.4, -0.2) is 26.0 Å². The second-order valence-electron chi connectivity index (χ2n) is 3.94. The lowest BCUT2D eigenvalue weighted by Gasteiger charge is -2.02. The van der Waals surface area contributed by atoms with Gasteiger partial charge in [0.2, 0.25) is 0 Å². The standard InChI is InChI=1S/C12H6ClN3O4/c13-6-1-5(2-8-10(6)20-12(19)16-8)7-3-9(11(17)18)15-4-14-7/h1-4H,(H,16,19)(H,17,18). The molecule has 0 bridgehead atoms. The molecule has 0 aliphatic heterocycles. The molecule has 0 radical (unpaired) electrons. The third kappa shape index (κ3) is 2.04. The van der Waals surface area contributed by atoms with Crippen LogP contribution in [-0.2, 0) is 0 Å². The van der Waals surface area contributed by atoms with Crippen LogP contribution >= 0.6 is 11.6 Å². The van der Waals surface area contributed by atoms with Crippen LogP contribution < -0.4 is 5.76 Å². The molecule has 0 saturated heterocycles. The van der Waals surface area contributed by atoms with Crippen molar-refractivity contribution in [2.75, 3.05) is 0 Å². The Hall–Kier alpha value is -2.67. The number of nitrogens with zero attached hydrogens (tertiary/aromatic N) is 2. The van der Waals surface area contributed by atoms with Crippen molar-refractivity contribution in [1.82, 2.24) is 15.0 Å². The van der Waals surface area contributed by atoms with Crippen LogP contribution in [0.5, 0.6) is 0 Å². The molecule has 20 heavy (non-hydrogen) atoms. The summed E-state index contributed by atoms with van der Waals surface area (Å²) in [5.74, 6) is -1.77. The number of oxazole rings is 1. The number of aromatic nitrogens is 3. The molecule has 0 atom stereocenters. The highest BCUT2D eigenvalue weighted by Crippen LogP contribution is 2.28. The van der Waals surface area contributed by atoms with Gasteiger partial charge in [0.15, 0.2) is 11.3 Å². The van der Waals surface area contributed by atoms with Crippen molar-refractivity contribution >= 4 is 28.7 Å². The van der Waals surface area contributed by atoms with Crippen LogP contribution in [0, 0.1) is 0 Å². The summed E-state index contributed by atoms with van der Waals surface area (Å²) in [4.78, 5) is 32.1. The second kappa shape index (κ2) is 4.46. The smallest absolute Gasteiger partial charge is 0.417 e. The van der Waals surface area contributed by atoms with Gasteiger partial charge in [-0.3, -0.25) is 4.98 Å². The molecule has 8 heteroatoms. The fourth-order valence-electron chi connectivity index (χ4n) is 1.80. The van der Waals surface area contributed by atoms with Crippen LogP contribution in [0.2, 0.25) is 5.02 Å². The molecule has 1 aromatic carbocycles. The van der Waals surface area contributed by atoms with Crippen molar-refractivity contribution in [1.29, 1.82) is 0 Å². The summed E-state index contributed by atoms with van der Waals surface area (Å²) in [5, 5.41) is 9.14. The third-order valence-electron chi connectivity index (χ3n) is 2.66. The van der Waals surface area contributed by atoms with Crippen molar-refractivity contribution in [3.8, 4) is 11.3 Å². The molecular formula is C12H6ClN3O4. The number of aromatic amines is 1. The molecule has 2 N–H and O–H groups in total. The zero-order valence-corrected chi connectivity index (χ0v) is 10.5. The highest BCUT2D eigenvalue weighted by molar-refractivity contribution is 6.35. The molecule has 2 heterocycles. The van der Waals surface area contributed by atoms with Gasteiger partial charge in [-0.2, -0.15) is 0 Å². The Balaban J connectivity index is 2.21. The first-order valence-electron chi connectivity index (χ1n) is 5.42. The Labute approximate surface area is 115 Å². The van der Waals surface area contributed by atoms with E-state index in [0.717, 1.165) is 6.33 Å². The fraction of sp³-hybridized carbons (Fsp3) is 0. The van der Waals surface area contributed by atoms with Gasteiger partial charge >= 0.3 is 11.7 Å². The van der Waals surface area contributed by atoms with Crippen molar-refractivity contribution in [2.45, 2.75) is 0 Å². The average Bonchev–Trinajstić information content (AvgIpc) is 2.80. The predicted octanol–water partition coefficient (Wildman–Crippen LogP) is 1.93. The number of fused-ring (bicyclic) bond motifs is 1. The van der Waals surface area contributed by atoms with E-state index >= 15 is 0 Å². The summed E-state index contributed by atoms with van der Waals surface area (Å²) in [6, 6.07) is 4.45. The number of benzene rings is 1. The normalized spacial score (nSPS) is 10.8. The van der Waals surface area contributed by atoms with Crippen molar-refractivity contribution < 1.29 is 14.3 Å². The first kappa shape index (κ1) is 12.4. The maximum Gasteiger partial charge on any atom is 0.417 e. The van der Waals surface area contributed by atoms with Crippen molar-refractivity contribution in [3.05, 3.63) is 45.8 Å². The molecule has 7 nitrogen and oxygen atoms in total. The lowest BCUT2D eigenvalue weighted by Crippen LogP contribution is -2.01. The largest absolute Gasteiger partial charge is 0.477 e. The summed E-state index contributed by atoms with van der Waals surface area (Å²) in [6.07, 6.45) is 1.15. The Morgan fingerprint density at radius 2 is 2.10 bits per heavy atom. The monoisotopic (exact) mass is 291 g/mol. The molecule has 0 amide bonds. The maximum absolute atomic E-state index is 11.1. The summed E-state index contributed by atoms with van der Waals surface area (Å²) in [7, 11) is 0. The Morgan fingerprint density at radius 3 is 2.85 bits per heavy atom. The highest BCUT2D eigenvalue weighted by Gasteiger charge is 2.12. The minimum absolute atomic E-state index is 0.132. The van der Waals surface area contributed by atoms with Gasteiger partial charge in [-0.15, -0.1) is 0 Å². The van der Waals surface area contributed by atoms with Gasteiger partial charge in [0.05, 0.1) is 16.2 Å². The Kier molecular flexibility index (Phi) is 2.76. The topological polar surface area (TPSA) is 109 Å². The lowest BCUT2D eigenvalue weighted by molar-refractivity contribution is 0.0690. The van der Waals surface area contributed by atoms with Gasteiger partial charge in [0.1, 0.15) is 6.33 Å². The van der Waals surface area contributed by atoms with E-state index in [0.29, 0.717) is 16.8 Å². The number of carboxylic acid groups (broad SMARTS) is 1. The number of hydrogen-bond donors (Lipinski definition) is 2. The van der Waals surface area contributed by atoms with Crippen LogP contribution in [0.15, 0.2) is 33.7 Å². The molecule has 0 unspecified atom stereocenters. The third-order valence-corrected chi connectivity index (χ3v) is 2.94. The summed E-state index contributed by atoms with van der Waals surface area (Å²) in [6.45, 7) is 0. The highest BCUT2D eigenvalue weighted by atomic mass is 35.5. The molecule has 3 aromatic rings. The maximum atomic E-state index is 11.1. The number of aromatic carboxylic acids is 1. The number of H-pyrrole nitrogens is 1. The van der Waals surface area contributed by atoms with E-state index in [2.05, 4.69) is 15.0 Å². The Bertz CT molecular complexity index is 884. The van der Waals surface area contributed by atoms with Gasteiger partial charge < -0.3 is 9.52 Å². The fourth-order valence-corrected chi connectivity index (χ4v) is 2.06. The summed E-state index contributed by atoms with van der Waals surface area (Å²) < 4.78 is 4.88. The van der Waals surface area contributed by atoms with E-state index in [1.54, 1.807) is 6.07 Å². The molecular weight excluding hydrogens is 286 g/mol. The predicted molar refractivity (Wildman–Crippen MR) is 69.8 cm³/mol. The van der Waals surface area contributed by atoms with E-state index in [1.165, 1.54) is 12.1 Å². The molecule has 0 fully saturated rings. The zero-order chi connectivity index (χ0) is 14.3. The summed E-state index contributed by atoms with van der Waals surface area (Å²) >= 11 is 6.02. The minimum atomic E-state index is -1.16. The zero-order valence-electron chi connectivity index (χ0n) is 9.75. The first-order chi connectivity index (χ1) is 9.54. The van der Waals surface area contributed by atoms with Crippen LogP contribution in [0.3, 0.4) is 0 Å². The summed E-state index contributed by atoms with van der Waals surface area (Å²) in [5.41, 5.74) is 1.44. The first-order valence-corrected chi connectivity index (χ1v) is 5.80. The van der Waals surface area contributed by atoms with E-state index in [4.69, 9.17) is 21.1 Å². The van der Waals surface area contributed by atoms with Crippen molar-refractivity contribution in [2.24, 2.45) is 0 Å². The average molecular weight is 292 g/mol. The number of hydrogen-bond acceptors (Lipinski definition) is 5. The number of carboxylic acids is 1. The van der Waals surface area contributed by atoms with Crippen LogP contribution in [0.4, 0.5) is 0 Å². The minimum Gasteiger partial charge on any atom is -0.477 e. The molecule has 3 rings (SSSR count). The van der Waals surface area contributed by atoms with E-state index in [1.807, 2.05) is 0 Å². The lowest BCUT2D eigenvalue weighted by atomic mass is 10.1. The number of carbonyl (C=O) groups is 1. The van der Waals surface area contributed by atoms with E-state index < -0.39 is 11.7 Å². The molecule has 100 valence electrons. The molecule has 0 aliphatic rings. The molecule has 2 aromatic heterocycles. The molecule has 0 spiro atoms. The van der Waals surface area contributed by atoms with Crippen LogP contribution in [0.25, 0.3) is 22.4 Å². The number of nitrogens with one attached hydrogen (secondary N) is 1. The molecule has 0 saturated carbocycles.